The van der Waals surface area contributed by atoms with Gasteiger partial charge in [0.25, 0.3) is 0 Å². The summed E-state index contributed by atoms with van der Waals surface area (Å²) in [5.74, 6) is -0.584. The van der Waals surface area contributed by atoms with Crippen molar-refractivity contribution in [2.24, 2.45) is 5.92 Å². The van der Waals surface area contributed by atoms with Gasteiger partial charge in [0, 0.05) is 12.6 Å². The van der Waals surface area contributed by atoms with Gasteiger partial charge in [-0.1, -0.05) is 36.8 Å². The van der Waals surface area contributed by atoms with E-state index in [1.807, 2.05) is 30.3 Å². The first-order valence-corrected chi connectivity index (χ1v) is 9.77. The number of rotatable bonds is 8. The Balaban J connectivity index is 1.98. The highest BCUT2D eigenvalue weighted by atomic mass is 16.5. The van der Waals surface area contributed by atoms with E-state index in [0.29, 0.717) is 25.6 Å². The molecule has 2 atom stereocenters. The molecule has 0 spiro atoms. The fraction of sp³-hybridized carbons (Fsp3) is 0.619. The van der Waals surface area contributed by atoms with Gasteiger partial charge in [-0.3, -0.25) is 14.5 Å². The van der Waals surface area contributed by atoms with Crippen LogP contribution in [-0.4, -0.2) is 48.6 Å². The van der Waals surface area contributed by atoms with Crippen LogP contribution >= 0.6 is 0 Å². The number of piperidine rings is 1. The van der Waals surface area contributed by atoms with Crippen LogP contribution in [0.15, 0.2) is 30.3 Å². The van der Waals surface area contributed by atoms with E-state index in [2.05, 4.69) is 24.1 Å². The summed E-state index contributed by atoms with van der Waals surface area (Å²) in [6.45, 7) is 7.68. The van der Waals surface area contributed by atoms with Gasteiger partial charge in [-0.2, -0.15) is 0 Å². The van der Waals surface area contributed by atoms with Crippen LogP contribution in [0.4, 0.5) is 0 Å². The summed E-state index contributed by atoms with van der Waals surface area (Å²) in [7, 11) is 0. The Bertz CT molecular complexity index is 574. The van der Waals surface area contributed by atoms with Gasteiger partial charge in [-0.25, -0.2) is 0 Å². The van der Waals surface area contributed by atoms with Crippen LogP contribution in [-0.2, 0) is 20.7 Å². The lowest BCUT2D eigenvalue weighted by atomic mass is 9.97. The molecule has 1 aliphatic rings. The van der Waals surface area contributed by atoms with E-state index in [4.69, 9.17) is 4.74 Å². The Labute approximate surface area is 157 Å². The zero-order valence-corrected chi connectivity index (χ0v) is 16.2. The highest BCUT2D eigenvalue weighted by molar-refractivity contribution is 5.82. The number of amides is 1. The zero-order valence-electron chi connectivity index (χ0n) is 16.2. The molecule has 1 heterocycles. The molecule has 26 heavy (non-hydrogen) atoms. The lowest BCUT2D eigenvalue weighted by Gasteiger charge is -2.37. The molecular formula is C21H32N2O3. The van der Waals surface area contributed by atoms with Crippen molar-refractivity contribution >= 4 is 11.9 Å². The molecule has 144 valence electrons. The van der Waals surface area contributed by atoms with Gasteiger partial charge in [-0.15, -0.1) is 0 Å². The summed E-state index contributed by atoms with van der Waals surface area (Å²) >= 11 is 0. The Hall–Kier alpha value is -1.88. The monoisotopic (exact) mass is 360 g/mol. The number of benzene rings is 1. The van der Waals surface area contributed by atoms with Crippen LogP contribution < -0.4 is 5.32 Å². The number of carbonyl (C=O) groups is 2. The third-order valence-corrected chi connectivity index (χ3v) is 4.98. The number of ether oxygens (including phenoxy) is 1. The van der Waals surface area contributed by atoms with Crippen molar-refractivity contribution in [1.29, 1.82) is 0 Å². The lowest BCUT2D eigenvalue weighted by Crippen LogP contribution is -2.53. The Morgan fingerprint density at radius 1 is 1.23 bits per heavy atom. The molecule has 1 N–H and O–H groups in total. The number of nitrogens with one attached hydrogen (secondary N) is 1. The third kappa shape index (κ3) is 5.84. The summed E-state index contributed by atoms with van der Waals surface area (Å²) in [5, 5.41) is 3.02. The molecule has 1 aromatic rings. The molecular weight excluding hydrogens is 328 g/mol. The van der Waals surface area contributed by atoms with Crippen molar-refractivity contribution in [1.82, 2.24) is 10.2 Å². The van der Waals surface area contributed by atoms with Crippen molar-refractivity contribution in [3.63, 3.8) is 0 Å². The average Bonchev–Trinajstić information content (AvgIpc) is 2.65. The van der Waals surface area contributed by atoms with E-state index in [1.165, 1.54) is 0 Å². The van der Waals surface area contributed by atoms with Gasteiger partial charge in [0.1, 0.15) is 0 Å². The maximum absolute atomic E-state index is 12.7. The quantitative estimate of drug-likeness (QED) is 0.724. The Morgan fingerprint density at radius 2 is 1.96 bits per heavy atom. The second-order valence-electron chi connectivity index (χ2n) is 7.23. The molecule has 2 rings (SSSR count). The van der Waals surface area contributed by atoms with E-state index in [0.717, 1.165) is 31.4 Å². The molecule has 0 saturated carbocycles. The molecule has 1 amide bonds. The van der Waals surface area contributed by atoms with E-state index in [9.17, 15) is 9.59 Å². The fourth-order valence-electron chi connectivity index (χ4n) is 3.59. The molecule has 0 bridgehead atoms. The van der Waals surface area contributed by atoms with Crippen LogP contribution in [0.3, 0.4) is 0 Å². The minimum Gasteiger partial charge on any atom is -0.466 e. The topological polar surface area (TPSA) is 58.6 Å². The summed E-state index contributed by atoms with van der Waals surface area (Å²) in [6.07, 6.45) is 3.67. The maximum atomic E-state index is 12.7. The van der Waals surface area contributed by atoms with E-state index < -0.39 is 0 Å². The molecule has 0 aliphatic carbocycles. The molecule has 2 unspecified atom stereocenters. The van der Waals surface area contributed by atoms with Crippen molar-refractivity contribution in [3.8, 4) is 0 Å². The number of nitrogens with zero attached hydrogens (tertiary/aromatic N) is 1. The zero-order chi connectivity index (χ0) is 18.9. The first-order chi connectivity index (χ1) is 12.5. The largest absolute Gasteiger partial charge is 0.466 e. The average molecular weight is 360 g/mol. The summed E-state index contributed by atoms with van der Waals surface area (Å²) in [5.41, 5.74) is 1.07. The van der Waals surface area contributed by atoms with E-state index in [-0.39, 0.29) is 23.8 Å². The van der Waals surface area contributed by atoms with Crippen molar-refractivity contribution in [3.05, 3.63) is 35.9 Å². The molecule has 5 heteroatoms. The second-order valence-corrected chi connectivity index (χ2v) is 7.23. The molecule has 0 radical (unpaired) electrons. The van der Waals surface area contributed by atoms with Crippen LogP contribution in [0.1, 0.15) is 45.6 Å². The van der Waals surface area contributed by atoms with Gasteiger partial charge in [-0.05, 0) is 52.1 Å². The summed E-state index contributed by atoms with van der Waals surface area (Å²) in [6, 6.07) is 10.1. The first-order valence-electron chi connectivity index (χ1n) is 9.77. The minimum absolute atomic E-state index is 0.0285. The highest BCUT2D eigenvalue weighted by Crippen LogP contribution is 2.20. The molecule has 1 fully saturated rings. The molecule has 1 aliphatic heterocycles. The fourth-order valence-corrected chi connectivity index (χ4v) is 3.59. The normalized spacial score (nSPS) is 19.2. The predicted molar refractivity (Wildman–Crippen MR) is 103 cm³/mol. The van der Waals surface area contributed by atoms with Crippen LogP contribution in [0.2, 0.25) is 0 Å². The molecule has 5 nitrogen and oxygen atoms in total. The van der Waals surface area contributed by atoms with Crippen LogP contribution in [0.5, 0.6) is 0 Å². The number of likely N-dealkylation sites (tertiary alicyclic amines) is 1. The number of hydrogen-bond donors (Lipinski definition) is 1. The summed E-state index contributed by atoms with van der Waals surface area (Å²) < 4.78 is 5.21. The number of carbonyl (C=O) groups excluding carboxylic acids is 2. The van der Waals surface area contributed by atoms with E-state index in [1.54, 1.807) is 6.92 Å². The molecule has 0 aromatic heterocycles. The van der Waals surface area contributed by atoms with Crippen molar-refractivity contribution in [2.45, 2.75) is 58.5 Å². The van der Waals surface area contributed by atoms with Crippen molar-refractivity contribution in [2.75, 3.05) is 19.7 Å². The standard InChI is InChI=1S/C21H32N2O3/c1-4-26-21(25)18(14-17-10-6-5-7-11-17)15-22-20(24)19-12-8-9-13-23(19)16(2)3/h5-7,10-11,16,18-19H,4,8-9,12-15H2,1-3H3,(H,22,24). The second kappa shape index (κ2) is 10.3. The lowest BCUT2D eigenvalue weighted by molar-refractivity contribution is -0.148. The van der Waals surface area contributed by atoms with E-state index >= 15 is 0 Å². The number of hydrogen-bond acceptors (Lipinski definition) is 4. The summed E-state index contributed by atoms with van der Waals surface area (Å²) in [4.78, 5) is 27.3. The van der Waals surface area contributed by atoms with Gasteiger partial charge in [0.2, 0.25) is 5.91 Å². The van der Waals surface area contributed by atoms with Gasteiger partial charge < -0.3 is 10.1 Å². The SMILES string of the molecule is CCOC(=O)C(CNC(=O)C1CCCCN1C(C)C)Cc1ccccc1. The van der Waals surface area contributed by atoms with Gasteiger partial charge in [0.05, 0.1) is 18.6 Å². The van der Waals surface area contributed by atoms with Gasteiger partial charge >= 0.3 is 5.97 Å². The van der Waals surface area contributed by atoms with Crippen molar-refractivity contribution < 1.29 is 14.3 Å². The highest BCUT2D eigenvalue weighted by Gasteiger charge is 2.31. The van der Waals surface area contributed by atoms with Gasteiger partial charge in [0.15, 0.2) is 0 Å². The Kier molecular flexibility index (Phi) is 8.10. The minimum atomic E-state index is -0.364. The van der Waals surface area contributed by atoms with Crippen LogP contribution in [0.25, 0.3) is 0 Å². The predicted octanol–water partition coefficient (Wildman–Crippen LogP) is 2.79. The Morgan fingerprint density at radius 3 is 2.62 bits per heavy atom. The number of esters is 1. The smallest absolute Gasteiger partial charge is 0.311 e. The first kappa shape index (κ1) is 20.4. The molecule has 1 saturated heterocycles. The van der Waals surface area contributed by atoms with Crippen LogP contribution in [0, 0.1) is 5.92 Å². The maximum Gasteiger partial charge on any atom is 0.311 e. The molecule has 1 aromatic carbocycles. The third-order valence-electron chi connectivity index (χ3n) is 4.98.